The van der Waals surface area contributed by atoms with E-state index >= 15 is 0 Å². The van der Waals surface area contributed by atoms with E-state index in [9.17, 15) is 0 Å². The minimum atomic E-state index is 0.472. The third-order valence-corrected chi connectivity index (χ3v) is 4.37. The number of ether oxygens (including phenoxy) is 1. The van der Waals surface area contributed by atoms with E-state index in [1.54, 1.807) is 0 Å². The van der Waals surface area contributed by atoms with Crippen molar-refractivity contribution in [1.82, 2.24) is 0 Å². The van der Waals surface area contributed by atoms with Crippen LogP contribution in [0.25, 0.3) is 0 Å². The molecule has 2 saturated carbocycles. The molecule has 3 fully saturated rings. The van der Waals surface area contributed by atoms with Crippen molar-refractivity contribution < 1.29 is 4.74 Å². The predicted octanol–water partition coefficient (Wildman–Crippen LogP) is 5.44. The molecule has 1 aliphatic heterocycles. The van der Waals surface area contributed by atoms with Crippen LogP contribution in [0.4, 0.5) is 0 Å². The van der Waals surface area contributed by atoms with Gasteiger partial charge in [-0.25, -0.2) is 0 Å². The molecule has 0 atom stereocenters. The highest BCUT2D eigenvalue weighted by Gasteiger charge is 2.30. The Morgan fingerprint density at radius 1 is 0.611 bits per heavy atom. The predicted molar refractivity (Wildman–Crippen MR) is 79.9 cm³/mol. The maximum Gasteiger partial charge on any atom is 0.0517 e. The standard InChI is InChI=1S/C6H12O.C6H12.C5H10/c1-6(2)3-4-7-5-6;1-6(2)4-3-5-6;1-5(2)3-4-5/h3-5H2,1-2H3;3-5H2,1-2H3;3-4H2,1-2H3. The van der Waals surface area contributed by atoms with Crippen LogP contribution in [0.2, 0.25) is 0 Å². The molecule has 0 bridgehead atoms. The number of hydrogen-bond donors (Lipinski definition) is 0. The maximum absolute atomic E-state index is 5.16. The van der Waals surface area contributed by atoms with Gasteiger partial charge in [0.2, 0.25) is 0 Å². The molecular weight excluding hydrogens is 220 g/mol. The van der Waals surface area contributed by atoms with Crippen molar-refractivity contribution in [3.8, 4) is 0 Å². The van der Waals surface area contributed by atoms with Gasteiger partial charge in [0.25, 0.3) is 0 Å². The van der Waals surface area contributed by atoms with Gasteiger partial charge in [-0.2, -0.15) is 0 Å². The minimum absolute atomic E-state index is 0.472. The van der Waals surface area contributed by atoms with Crippen LogP contribution < -0.4 is 0 Å². The highest BCUT2D eigenvalue weighted by atomic mass is 16.5. The van der Waals surface area contributed by atoms with Crippen LogP contribution in [-0.4, -0.2) is 13.2 Å². The first-order chi connectivity index (χ1) is 8.12. The molecule has 1 nitrogen and oxygen atoms in total. The highest BCUT2D eigenvalue weighted by molar-refractivity contribution is 4.82. The molecule has 0 N–H and O–H groups in total. The van der Waals surface area contributed by atoms with Crippen LogP contribution in [0.15, 0.2) is 0 Å². The summed E-state index contributed by atoms with van der Waals surface area (Å²) < 4.78 is 5.16. The number of rotatable bonds is 0. The molecular formula is C17H34O. The van der Waals surface area contributed by atoms with Gasteiger partial charge in [-0.3, -0.25) is 0 Å². The fraction of sp³-hybridized carbons (Fsp3) is 1.00. The summed E-state index contributed by atoms with van der Waals surface area (Å²) in [6.45, 7) is 15.6. The Hall–Kier alpha value is -0.0400. The fourth-order valence-electron chi connectivity index (χ4n) is 1.90. The topological polar surface area (TPSA) is 9.23 Å². The first-order valence-corrected chi connectivity index (χ1v) is 7.70. The van der Waals surface area contributed by atoms with E-state index in [0.717, 1.165) is 24.0 Å². The van der Waals surface area contributed by atoms with E-state index in [0.29, 0.717) is 5.41 Å². The lowest BCUT2D eigenvalue weighted by molar-refractivity contribution is 0.167. The van der Waals surface area contributed by atoms with Crippen molar-refractivity contribution in [2.45, 2.75) is 80.1 Å². The average molecular weight is 254 g/mol. The van der Waals surface area contributed by atoms with Crippen molar-refractivity contribution in [3.05, 3.63) is 0 Å². The van der Waals surface area contributed by atoms with Gasteiger partial charge in [0.1, 0.15) is 0 Å². The molecule has 2 aliphatic carbocycles. The van der Waals surface area contributed by atoms with Crippen LogP contribution in [-0.2, 0) is 4.74 Å². The normalized spacial score (nSPS) is 29.0. The van der Waals surface area contributed by atoms with E-state index in [4.69, 9.17) is 4.74 Å². The molecule has 3 rings (SSSR count). The fourth-order valence-corrected chi connectivity index (χ4v) is 1.90. The monoisotopic (exact) mass is 254 g/mol. The summed E-state index contributed by atoms with van der Waals surface area (Å²) in [5, 5.41) is 0. The lowest BCUT2D eigenvalue weighted by Crippen LogP contribution is -2.20. The van der Waals surface area contributed by atoms with Crippen LogP contribution in [0.1, 0.15) is 80.1 Å². The van der Waals surface area contributed by atoms with Gasteiger partial charge in [0.05, 0.1) is 6.61 Å². The summed E-state index contributed by atoms with van der Waals surface area (Å²) in [6, 6.07) is 0. The zero-order valence-corrected chi connectivity index (χ0v) is 13.6. The van der Waals surface area contributed by atoms with Crippen molar-refractivity contribution >= 4 is 0 Å². The van der Waals surface area contributed by atoms with Crippen molar-refractivity contribution in [3.63, 3.8) is 0 Å². The Kier molecular flexibility index (Phi) is 5.29. The Morgan fingerprint density at radius 3 is 1.06 bits per heavy atom. The van der Waals surface area contributed by atoms with Crippen molar-refractivity contribution in [2.24, 2.45) is 16.2 Å². The molecule has 18 heavy (non-hydrogen) atoms. The second-order valence-corrected chi connectivity index (χ2v) is 8.65. The maximum atomic E-state index is 5.16. The zero-order valence-electron chi connectivity index (χ0n) is 13.6. The molecule has 1 heteroatoms. The molecule has 0 unspecified atom stereocenters. The van der Waals surface area contributed by atoms with Crippen LogP contribution >= 0.6 is 0 Å². The second-order valence-electron chi connectivity index (χ2n) is 8.65. The Bertz CT molecular complexity index is 230. The summed E-state index contributed by atoms with van der Waals surface area (Å²) in [5.41, 5.74) is 1.94. The first-order valence-electron chi connectivity index (χ1n) is 7.70. The van der Waals surface area contributed by atoms with Crippen molar-refractivity contribution in [2.75, 3.05) is 13.2 Å². The molecule has 0 spiro atoms. The largest absolute Gasteiger partial charge is 0.381 e. The molecule has 0 aromatic rings. The molecule has 0 amide bonds. The van der Waals surface area contributed by atoms with E-state index in [1.807, 2.05) is 0 Å². The average Bonchev–Trinajstić information content (AvgIpc) is 2.72. The van der Waals surface area contributed by atoms with Gasteiger partial charge in [0.15, 0.2) is 0 Å². The third kappa shape index (κ3) is 7.41. The van der Waals surface area contributed by atoms with Crippen LogP contribution in [0.5, 0.6) is 0 Å². The van der Waals surface area contributed by atoms with Crippen LogP contribution in [0.3, 0.4) is 0 Å². The molecule has 108 valence electrons. The first kappa shape index (κ1) is 16.0. The summed E-state index contributed by atoms with van der Waals surface area (Å²) in [7, 11) is 0. The van der Waals surface area contributed by atoms with Gasteiger partial charge in [0, 0.05) is 6.61 Å². The van der Waals surface area contributed by atoms with E-state index in [1.165, 1.54) is 38.5 Å². The van der Waals surface area contributed by atoms with E-state index < -0.39 is 0 Å². The summed E-state index contributed by atoms with van der Waals surface area (Å²) in [6.07, 6.45) is 8.50. The lowest BCUT2D eigenvalue weighted by Gasteiger charge is -2.33. The smallest absolute Gasteiger partial charge is 0.0517 e. The van der Waals surface area contributed by atoms with Gasteiger partial charge in [-0.15, -0.1) is 0 Å². The van der Waals surface area contributed by atoms with Crippen molar-refractivity contribution in [1.29, 1.82) is 0 Å². The van der Waals surface area contributed by atoms with Gasteiger partial charge >= 0.3 is 0 Å². The van der Waals surface area contributed by atoms with Crippen LogP contribution in [0, 0.1) is 16.2 Å². The summed E-state index contributed by atoms with van der Waals surface area (Å²) in [4.78, 5) is 0. The molecule has 3 aliphatic rings. The lowest BCUT2D eigenvalue weighted by atomic mass is 9.72. The van der Waals surface area contributed by atoms with Gasteiger partial charge in [-0.05, 0) is 48.3 Å². The van der Waals surface area contributed by atoms with Gasteiger partial charge < -0.3 is 4.74 Å². The second kappa shape index (κ2) is 5.94. The molecule has 0 aromatic carbocycles. The molecule has 0 radical (unpaired) electrons. The molecule has 1 saturated heterocycles. The molecule has 0 aromatic heterocycles. The Labute approximate surface area is 115 Å². The molecule has 1 heterocycles. The summed E-state index contributed by atoms with van der Waals surface area (Å²) >= 11 is 0. The quantitative estimate of drug-likeness (QED) is 0.559. The van der Waals surface area contributed by atoms with E-state index in [-0.39, 0.29) is 0 Å². The zero-order chi connectivity index (χ0) is 13.9. The Morgan fingerprint density at radius 2 is 1.00 bits per heavy atom. The summed E-state index contributed by atoms with van der Waals surface area (Å²) in [5.74, 6) is 0. The van der Waals surface area contributed by atoms with Gasteiger partial charge in [-0.1, -0.05) is 48.0 Å². The third-order valence-electron chi connectivity index (χ3n) is 4.37. The SMILES string of the molecule is CC1(C)CC1.CC1(C)CCC1.CC1(C)CCOC1. The Balaban J connectivity index is 0.000000137. The highest BCUT2D eigenvalue weighted by Crippen LogP contribution is 2.43. The van der Waals surface area contributed by atoms with E-state index in [2.05, 4.69) is 41.5 Å². The number of hydrogen-bond acceptors (Lipinski definition) is 1. The minimum Gasteiger partial charge on any atom is -0.381 e.